The van der Waals surface area contributed by atoms with Gasteiger partial charge in [-0.15, -0.1) is 13.2 Å². The van der Waals surface area contributed by atoms with E-state index < -0.39 is 24.1 Å². The number of hydrogen-bond donors (Lipinski definition) is 0. The Kier molecular flexibility index (Phi) is 6.32. The van der Waals surface area contributed by atoms with E-state index >= 15 is 0 Å². The topological polar surface area (TPSA) is 65.1 Å². The van der Waals surface area contributed by atoms with Crippen LogP contribution >= 0.6 is 15.9 Å². The molecule has 0 N–H and O–H groups in total. The zero-order valence-corrected chi connectivity index (χ0v) is 15.6. The molecule has 1 heterocycles. The molecule has 0 saturated carbocycles. The number of esters is 2. The van der Waals surface area contributed by atoms with Gasteiger partial charge < -0.3 is 19.1 Å². The summed E-state index contributed by atoms with van der Waals surface area (Å²) in [7, 11) is 2.24. The van der Waals surface area contributed by atoms with Crippen molar-refractivity contribution in [3.63, 3.8) is 0 Å². The number of halogens is 4. The molecule has 1 aliphatic heterocycles. The van der Waals surface area contributed by atoms with Crippen LogP contribution < -0.4 is 9.64 Å². The number of carbonyl (C=O) groups is 2. The predicted molar refractivity (Wildman–Crippen MR) is 92.6 cm³/mol. The minimum Gasteiger partial charge on any atom is -0.465 e. The summed E-state index contributed by atoms with van der Waals surface area (Å²) < 4.78 is 51.1. The van der Waals surface area contributed by atoms with Crippen molar-refractivity contribution in [1.29, 1.82) is 0 Å². The molecule has 0 spiro atoms. The molecule has 2 rings (SSSR count). The van der Waals surface area contributed by atoms with Gasteiger partial charge in [0.1, 0.15) is 11.4 Å². The third kappa shape index (κ3) is 4.70. The largest absolute Gasteiger partial charge is 0.573 e. The van der Waals surface area contributed by atoms with Crippen LogP contribution in [-0.4, -0.2) is 32.5 Å². The Hall–Kier alpha value is -2.75. The van der Waals surface area contributed by atoms with Crippen LogP contribution in [0, 0.1) is 0 Å². The summed E-state index contributed by atoms with van der Waals surface area (Å²) >= 11 is 3.06. The summed E-state index contributed by atoms with van der Waals surface area (Å²) in [5.41, 5.74) is -0.263. The zero-order chi connectivity index (χ0) is 20.2. The van der Waals surface area contributed by atoms with Gasteiger partial charge in [0.2, 0.25) is 0 Å². The van der Waals surface area contributed by atoms with E-state index in [1.165, 1.54) is 41.5 Å². The van der Waals surface area contributed by atoms with E-state index in [2.05, 4.69) is 25.4 Å². The number of hydrogen-bond acceptors (Lipinski definition) is 6. The van der Waals surface area contributed by atoms with Gasteiger partial charge in [-0.25, -0.2) is 9.59 Å². The van der Waals surface area contributed by atoms with Crippen LogP contribution in [0.15, 0.2) is 58.4 Å². The van der Waals surface area contributed by atoms with Crippen molar-refractivity contribution < 1.29 is 37.0 Å². The van der Waals surface area contributed by atoms with E-state index in [0.29, 0.717) is 0 Å². The van der Waals surface area contributed by atoms with E-state index in [1.54, 1.807) is 0 Å². The van der Waals surface area contributed by atoms with Gasteiger partial charge >= 0.3 is 18.3 Å². The van der Waals surface area contributed by atoms with Gasteiger partial charge in [-0.1, -0.05) is 12.1 Å². The summed E-state index contributed by atoms with van der Waals surface area (Å²) in [4.78, 5) is 25.6. The minimum atomic E-state index is -4.91. The smallest absolute Gasteiger partial charge is 0.465 e. The quantitative estimate of drug-likeness (QED) is 0.653. The van der Waals surface area contributed by atoms with Crippen LogP contribution in [-0.2, 0) is 19.1 Å². The molecule has 0 bridgehead atoms. The lowest BCUT2D eigenvalue weighted by molar-refractivity contribution is -0.274. The molecule has 1 aliphatic rings. The zero-order valence-electron chi connectivity index (χ0n) is 14.0. The molecule has 0 atom stereocenters. The van der Waals surface area contributed by atoms with Crippen molar-refractivity contribution in [2.24, 2.45) is 0 Å². The standard InChI is InChI=1S/C17H13BrF3NO5/c1-25-15(23)10-6-3-4-9-22(14(10)16(24)26-2)11-7-5-8-12(13(11)18)27-17(19,20)21/h3-9H,1-2H3. The normalized spacial score (nSPS) is 14.1. The van der Waals surface area contributed by atoms with Crippen molar-refractivity contribution in [1.82, 2.24) is 0 Å². The van der Waals surface area contributed by atoms with E-state index in [-0.39, 0.29) is 21.4 Å². The molecule has 27 heavy (non-hydrogen) atoms. The predicted octanol–water partition coefficient (Wildman–Crippen LogP) is 3.84. The third-order valence-corrected chi connectivity index (χ3v) is 4.11. The summed E-state index contributed by atoms with van der Waals surface area (Å²) in [5, 5.41) is 0. The molecule has 0 unspecified atom stereocenters. The lowest BCUT2D eigenvalue weighted by Crippen LogP contribution is -2.27. The summed E-state index contributed by atoms with van der Waals surface area (Å²) in [6.07, 6.45) is 0.770. The molecular formula is C17H13BrF3NO5. The number of nitrogens with zero attached hydrogens (tertiary/aromatic N) is 1. The second-order valence-corrected chi connectivity index (χ2v) is 5.75. The first-order chi connectivity index (χ1) is 12.7. The number of carbonyl (C=O) groups excluding carboxylic acids is 2. The fourth-order valence-corrected chi connectivity index (χ4v) is 2.78. The Labute approximate surface area is 160 Å². The Morgan fingerprint density at radius 3 is 2.33 bits per heavy atom. The monoisotopic (exact) mass is 447 g/mol. The molecule has 10 heteroatoms. The number of ether oxygens (including phenoxy) is 3. The van der Waals surface area contributed by atoms with Gasteiger partial charge in [-0.05, 0) is 40.2 Å². The van der Waals surface area contributed by atoms with Gasteiger partial charge in [0.25, 0.3) is 0 Å². The summed E-state index contributed by atoms with van der Waals surface area (Å²) in [6, 6.07) is 3.84. The second kappa shape index (κ2) is 8.30. The van der Waals surface area contributed by atoms with E-state index in [9.17, 15) is 22.8 Å². The lowest BCUT2D eigenvalue weighted by atomic mass is 10.1. The van der Waals surface area contributed by atoms with Crippen LogP contribution in [0.5, 0.6) is 5.75 Å². The fourth-order valence-electron chi connectivity index (χ4n) is 2.24. The minimum absolute atomic E-state index is 0.0838. The maximum absolute atomic E-state index is 12.6. The van der Waals surface area contributed by atoms with Crippen molar-refractivity contribution in [2.75, 3.05) is 19.1 Å². The van der Waals surface area contributed by atoms with E-state index in [1.807, 2.05) is 0 Å². The highest BCUT2D eigenvalue weighted by molar-refractivity contribution is 9.10. The van der Waals surface area contributed by atoms with Gasteiger partial charge in [0.15, 0.2) is 0 Å². The Morgan fingerprint density at radius 2 is 1.74 bits per heavy atom. The maximum Gasteiger partial charge on any atom is 0.573 e. The van der Waals surface area contributed by atoms with Crippen molar-refractivity contribution >= 4 is 33.6 Å². The average molecular weight is 448 g/mol. The highest BCUT2D eigenvalue weighted by Gasteiger charge is 2.34. The number of anilines is 1. The van der Waals surface area contributed by atoms with Gasteiger partial charge in [-0.3, -0.25) is 0 Å². The first-order valence-corrected chi connectivity index (χ1v) is 8.08. The van der Waals surface area contributed by atoms with Crippen LogP contribution in [0.3, 0.4) is 0 Å². The fraction of sp³-hybridized carbons (Fsp3) is 0.176. The summed E-state index contributed by atoms with van der Waals surface area (Å²) in [5.74, 6) is -2.23. The third-order valence-electron chi connectivity index (χ3n) is 3.32. The molecule has 0 amide bonds. The number of methoxy groups -OCH3 is 2. The van der Waals surface area contributed by atoms with Crippen molar-refractivity contribution in [3.8, 4) is 5.75 Å². The Bertz CT molecular complexity index is 845. The molecule has 0 fully saturated rings. The SMILES string of the molecule is COC(=O)C1=C(C(=O)OC)N(c2cccc(OC(F)(F)F)c2Br)C=CC=C1. The van der Waals surface area contributed by atoms with E-state index in [4.69, 9.17) is 4.74 Å². The first-order valence-electron chi connectivity index (χ1n) is 7.29. The molecule has 1 aromatic carbocycles. The lowest BCUT2D eigenvalue weighted by Gasteiger charge is -2.25. The van der Waals surface area contributed by atoms with Crippen LogP contribution in [0.4, 0.5) is 18.9 Å². The first kappa shape index (κ1) is 20.6. The number of benzene rings is 1. The van der Waals surface area contributed by atoms with Crippen molar-refractivity contribution in [3.05, 3.63) is 58.4 Å². The molecule has 0 aliphatic carbocycles. The van der Waals surface area contributed by atoms with E-state index in [0.717, 1.165) is 20.3 Å². The number of allylic oxidation sites excluding steroid dienone is 2. The van der Waals surface area contributed by atoms with Gasteiger partial charge in [0.05, 0.1) is 30.0 Å². The maximum atomic E-state index is 12.6. The average Bonchev–Trinajstić information content (AvgIpc) is 2.84. The summed E-state index contributed by atoms with van der Waals surface area (Å²) in [6.45, 7) is 0. The molecular weight excluding hydrogens is 435 g/mol. The highest BCUT2D eigenvalue weighted by atomic mass is 79.9. The number of rotatable bonds is 4. The molecule has 0 aromatic heterocycles. The van der Waals surface area contributed by atoms with Crippen LogP contribution in [0.2, 0.25) is 0 Å². The highest BCUT2D eigenvalue weighted by Crippen LogP contribution is 2.40. The molecule has 144 valence electrons. The molecule has 0 saturated heterocycles. The second-order valence-electron chi connectivity index (χ2n) is 4.95. The van der Waals surface area contributed by atoms with Crippen molar-refractivity contribution in [2.45, 2.75) is 6.36 Å². The molecule has 6 nitrogen and oxygen atoms in total. The Balaban J connectivity index is 2.66. The molecule has 0 radical (unpaired) electrons. The molecule has 1 aromatic rings. The number of alkyl halides is 3. The van der Waals surface area contributed by atoms with Gasteiger partial charge in [0, 0.05) is 6.20 Å². The Morgan fingerprint density at radius 1 is 1.07 bits per heavy atom. The van der Waals surface area contributed by atoms with Crippen LogP contribution in [0.25, 0.3) is 0 Å². The van der Waals surface area contributed by atoms with Gasteiger partial charge in [-0.2, -0.15) is 0 Å². The van der Waals surface area contributed by atoms with Crippen LogP contribution in [0.1, 0.15) is 0 Å².